The van der Waals surface area contributed by atoms with Gasteiger partial charge in [0.15, 0.2) is 0 Å². The Hall–Kier alpha value is -0.610. The van der Waals surface area contributed by atoms with Gasteiger partial charge in [-0.1, -0.05) is 20.8 Å². The lowest BCUT2D eigenvalue weighted by molar-refractivity contribution is -0.130. The molecule has 0 aromatic carbocycles. The molecule has 0 aliphatic heterocycles. The van der Waals surface area contributed by atoms with Gasteiger partial charge in [-0.2, -0.15) is 0 Å². The summed E-state index contributed by atoms with van der Waals surface area (Å²) in [5.74, 6) is 1.02. The summed E-state index contributed by atoms with van der Waals surface area (Å²) in [5.41, 5.74) is -0.791. The summed E-state index contributed by atoms with van der Waals surface area (Å²) in [7, 11) is 1.67. The normalized spacial score (nSPS) is 13.7. The van der Waals surface area contributed by atoms with E-state index in [1.165, 1.54) is 31.2 Å². The molecule has 0 atom stereocenters. The molecule has 1 fully saturated rings. The first-order valence-corrected chi connectivity index (χ1v) is 7.41. The van der Waals surface area contributed by atoms with Gasteiger partial charge in [0.2, 0.25) is 5.91 Å². The molecule has 0 heterocycles. The van der Waals surface area contributed by atoms with Crippen LogP contribution in [0.3, 0.4) is 0 Å². The van der Waals surface area contributed by atoms with Gasteiger partial charge in [0.1, 0.15) is 0 Å². The van der Waals surface area contributed by atoms with Crippen molar-refractivity contribution in [3.05, 3.63) is 0 Å². The molecule has 1 saturated carbocycles. The summed E-state index contributed by atoms with van der Waals surface area (Å²) >= 11 is 0. The largest absolute Gasteiger partial charge is 0.389 e. The molecule has 4 heteroatoms. The third-order valence-corrected chi connectivity index (χ3v) is 2.54. The zero-order valence-electron chi connectivity index (χ0n) is 13.9. The second-order valence-corrected chi connectivity index (χ2v) is 5.44. The van der Waals surface area contributed by atoms with E-state index in [4.69, 9.17) is 0 Å². The van der Waals surface area contributed by atoms with Gasteiger partial charge >= 0.3 is 0 Å². The fourth-order valence-corrected chi connectivity index (χ4v) is 1.36. The summed E-state index contributed by atoms with van der Waals surface area (Å²) < 4.78 is 0. The zero-order valence-corrected chi connectivity index (χ0v) is 13.9. The molecular formula is C15H34N2O2. The highest BCUT2D eigenvalue weighted by molar-refractivity contribution is 5.72. The van der Waals surface area contributed by atoms with Gasteiger partial charge < -0.3 is 15.3 Å². The lowest BCUT2D eigenvalue weighted by Gasteiger charge is -2.24. The van der Waals surface area contributed by atoms with Crippen molar-refractivity contribution in [2.45, 2.75) is 60.0 Å². The molecule has 4 nitrogen and oxygen atoms in total. The number of rotatable bonds is 5. The highest BCUT2D eigenvalue weighted by Gasteiger charge is 2.19. The number of carbonyl (C=O) groups excluding carboxylic acids is 1. The number of nitrogens with one attached hydrogen (secondary N) is 1. The summed E-state index contributed by atoms with van der Waals surface area (Å²) in [5, 5.41) is 12.6. The first kappa shape index (κ1) is 20.7. The Morgan fingerprint density at radius 2 is 1.84 bits per heavy atom. The fraction of sp³-hybridized carbons (Fsp3) is 0.933. The van der Waals surface area contributed by atoms with E-state index in [2.05, 4.69) is 12.2 Å². The Morgan fingerprint density at radius 3 is 2.05 bits per heavy atom. The van der Waals surface area contributed by atoms with Crippen LogP contribution in [-0.2, 0) is 4.79 Å². The molecule has 0 bridgehead atoms. The van der Waals surface area contributed by atoms with Crippen LogP contribution in [0.4, 0.5) is 0 Å². The fourth-order valence-electron chi connectivity index (χ4n) is 1.36. The Bertz CT molecular complexity index is 221. The maximum Gasteiger partial charge on any atom is 0.219 e. The molecule has 0 aromatic heterocycles. The molecule has 19 heavy (non-hydrogen) atoms. The molecule has 0 saturated heterocycles. The molecule has 2 N–H and O–H groups in total. The van der Waals surface area contributed by atoms with Crippen LogP contribution in [0, 0.1) is 5.92 Å². The average Bonchev–Trinajstić information content (AvgIpc) is 3.11. The molecule has 0 aromatic rings. The van der Waals surface area contributed by atoms with E-state index >= 15 is 0 Å². The van der Waals surface area contributed by atoms with Crippen molar-refractivity contribution in [3.8, 4) is 0 Å². The van der Waals surface area contributed by atoms with Crippen LogP contribution < -0.4 is 5.32 Å². The van der Waals surface area contributed by atoms with Crippen LogP contribution in [0.15, 0.2) is 0 Å². The van der Waals surface area contributed by atoms with Crippen LogP contribution in [-0.4, -0.2) is 48.2 Å². The van der Waals surface area contributed by atoms with E-state index in [0.29, 0.717) is 6.54 Å². The molecular weight excluding hydrogens is 240 g/mol. The number of hydrogen-bond acceptors (Lipinski definition) is 3. The summed E-state index contributed by atoms with van der Waals surface area (Å²) in [4.78, 5) is 12.1. The lowest BCUT2D eigenvalue weighted by Crippen LogP contribution is -2.38. The second kappa shape index (κ2) is 11.2. The highest BCUT2D eigenvalue weighted by atomic mass is 16.3. The number of amides is 1. The van der Waals surface area contributed by atoms with Gasteiger partial charge in [-0.05, 0) is 45.7 Å². The first-order valence-electron chi connectivity index (χ1n) is 7.41. The maximum absolute atomic E-state index is 10.6. The number of hydrogen-bond donors (Lipinski definition) is 2. The van der Waals surface area contributed by atoms with E-state index in [1.54, 1.807) is 20.9 Å². The Labute approximate surface area is 119 Å². The lowest BCUT2D eigenvalue weighted by atomic mass is 10.1. The van der Waals surface area contributed by atoms with E-state index in [-0.39, 0.29) is 5.91 Å². The van der Waals surface area contributed by atoms with Crippen LogP contribution in [0.5, 0.6) is 0 Å². The molecule has 1 rings (SSSR count). The van der Waals surface area contributed by atoms with Crippen LogP contribution in [0.1, 0.15) is 54.4 Å². The quantitative estimate of drug-likeness (QED) is 0.808. The van der Waals surface area contributed by atoms with Crippen LogP contribution in [0.25, 0.3) is 0 Å². The SMILES string of the molecule is CC.CC(=O)N(C)CC(C)(C)O.CCNCC1CC1. The van der Waals surface area contributed by atoms with E-state index < -0.39 is 5.60 Å². The van der Waals surface area contributed by atoms with Crippen LogP contribution in [0.2, 0.25) is 0 Å². The Balaban J connectivity index is 0. The maximum atomic E-state index is 10.6. The minimum atomic E-state index is -0.791. The number of likely N-dealkylation sites (N-methyl/N-ethyl adjacent to an activating group) is 1. The molecule has 1 amide bonds. The van der Waals surface area contributed by atoms with Crippen molar-refractivity contribution < 1.29 is 9.90 Å². The van der Waals surface area contributed by atoms with Crippen molar-refractivity contribution in [2.24, 2.45) is 5.92 Å². The predicted octanol–water partition coefficient (Wildman–Crippen LogP) is 2.27. The minimum absolute atomic E-state index is 0.0258. The average molecular weight is 274 g/mol. The van der Waals surface area contributed by atoms with Gasteiger partial charge in [-0.15, -0.1) is 0 Å². The van der Waals surface area contributed by atoms with E-state index in [9.17, 15) is 9.90 Å². The molecule has 0 spiro atoms. The monoisotopic (exact) mass is 274 g/mol. The standard InChI is InChI=1S/C7H15NO2.C6H13N.C2H6/c1-6(9)8(4)5-7(2,3)10;1-2-7-5-6-3-4-6;1-2/h10H,5H2,1-4H3;6-7H,2-5H2,1H3;1-2H3. The van der Waals surface area contributed by atoms with Crippen molar-refractivity contribution in [2.75, 3.05) is 26.7 Å². The number of nitrogens with zero attached hydrogens (tertiary/aromatic N) is 1. The van der Waals surface area contributed by atoms with E-state index in [0.717, 1.165) is 12.5 Å². The third-order valence-electron chi connectivity index (χ3n) is 2.54. The van der Waals surface area contributed by atoms with Crippen molar-refractivity contribution in [1.82, 2.24) is 10.2 Å². The molecule has 1 aliphatic carbocycles. The van der Waals surface area contributed by atoms with Crippen molar-refractivity contribution >= 4 is 5.91 Å². The number of carbonyl (C=O) groups is 1. The molecule has 1 aliphatic rings. The second-order valence-electron chi connectivity index (χ2n) is 5.44. The molecule has 116 valence electrons. The topological polar surface area (TPSA) is 52.6 Å². The van der Waals surface area contributed by atoms with Crippen LogP contribution >= 0.6 is 0 Å². The van der Waals surface area contributed by atoms with Gasteiger partial charge in [0.25, 0.3) is 0 Å². The summed E-state index contributed by atoms with van der Waals surface area (Å²) in [6.45, 7) is 13.8. The highest BCUT2D eigenvalue weighted by Crippen LogP contribution is 2.27. The van der Waals surface area contributed by atoms with E-state index in [1.807, 2.05) is 13.8 Å². The van der Waals surface area contributed by atoms with Crippen molar-refractivity contribution in [3.63, 3.8) is 0 Å². The van der Waals surface area contributed by atoms with Gasteiger partial charge in [-0.25, -0.2) is 0 Å². The summed E-state index contributed by atoms with van der Waals surface area (Å²) in [6.07, 6.45) is 2.93. The van der Waals surface area contributed by atoms with Crippen molar-refractivity contribution in [1.29, 1.82) is 0 Å². The Morgan fingerprint density at radius 1 is 1.37 bits per heavy atom. The smallest absolute Gasteiger partial charge is 0.219 e. The Kier molecular flexibility index (Phi) is 12.2. The molecule has 0 radical (unpaired) electrons. The molecule has 0 unspecified atom stereocenters. The summed E-state index contributed by atoms with van der Waals surface area (Å²) in [6, 6.07) is 0. The van der Waals surface area contributed by atoms with Gasteiger partial charge in [0, 0.05) is 20.5 Å². The first-order chi connectivity index (χ1) is 8.76. The number of aliphatic hydroxyl groups is 1. The van der Waals surface area contributed by atoms with Gasteiger partial charge in [-0.3, -0.25) is 4.79 Å². The predicted molar refractivity (Wildman–Crippen MR) is 82.2 cm³/mol. The third kappa shape index (κ3) is 17.4. The van der Waals surface area contributed by atoms with Gasteiger partial charge in [0.05, 0.1) is 5.60 Å². The zero-order chi connectivity index (χ0) is 15.5. The minimum Gasteiger partial charge on any atom is -0.389 e.